The van der Waals surface area contributed by atoms with Crippen molar-refractivity contribution in [3.05, 3.63) is 77.0 Å². The molecule has 2 nitrogen and oxygen atoms in total. The number of quaternary nitrogens is 1. The minimum atomic E-state index is -0.240. The van der Waals surface area contributed by atoms with Gasteiger partial charge in [-0.1, -0.05) is 60.7 Å². The topological polar surface area (TPSA) is 27.5 Å². The van der Waals surface area contributed by atoms with Crippen molar-refractivity contribution < 1.29 is 5.06 Å². The Balaban J connectivity index is 2.44. The Labute approximate surface area is 115 Å². The molecule has 0 radical (unpaired) electrons. The van der Waals surface area contributed by atoms with Crippen molar-refractivity contribution in [2.45, 2.75) is 19.3 Å². The zero-order valence-corrected chi connectivity index (χ0v) is 11.6. The highest BCUT2D eigenvalue weighted by Gasteiger charge is 2.31. The molecule has 0 heterocycles. The first-order valence-corrected chi connectivity index (χ1v) is 6.79. The zero-order chi connectivity index (χ0) is 13.7. The Kier molecular flexibility index (Phi) is 4.35. The maximum Gasteiger partial charge on any atom is 0.0904 e. The van der Waals surface area contributed by atoms with Crippen molar-refractivity contribution in [1.82, 2.24) is 0 Å². The lowest BCUT2D eigenvalue weighted by Gasteiger charge is -2.35. The maximum absolute atomic E-state index is 12.0. The van der Waals surface area contributed by atoms with Crippen LogP contribution >= 0.6 is 0 Å². The number of hydroxylamine groups is 2. The molecule has 2 aromatic carbocycles. The van der Waals surface area contributed by atoms with Crippen molar-refractivity contribution in [3.8, 4) is 0 Å². The molecule has 0 aromatic heterocycles. The summed E-state index contributed by atoms with van der Waals surface area (Å²) >= 11 is 0. The number of nitrogens with one attached hydrogen (secondary N) is 1. The lowest BCUT2D eigenvalue weighted by Crippen LogP contribution is -3.08. The third-order valence-electron chi connectivity index (χ3n) is 3.77. The van der Waals surface area contributed by atoms with Gasteiger partial charge in [0.1, 0.15) is 0 Å². The third kappa shape index (κ3) is 3.03. The van der Waals surface area contributed by atoms with Crippen molar-refractivity contribution in [2.24, 2.45) is 0 Å². The molecule has 2 aromatic rings. The molecule has 2 heteroatoms. The van der Waals surface area contributed by atoms with E-state index in [0.717, 1.165) is 0 Å². The second kappa shape index (κ2) is 6.00. The third-order valence-corrected chi connectivity index (χ3v) is 3.77. The van der Waals surface area contributed by atoms with Crippen LogP contribution in [0.2, 0.25) is 0 Å². The Morgan fingerprint density at radius 2 is 1.32 bits per heavy atom. The van der Waals surface area contributed by atoms with E-state index in [0.29, 0.717) is 18.2 Å². The molecule has 0 spiro atoms. The average molecular weight is 255 g/mol. The van der Waals surface area contributed by atoms with E-state index >= 15 is 0 Å². The van der Waals surface area contributed by atoms with E-state index < -0.39 is 0 Å². The van der Waals surface area contributed by atoms with Crippen molar-refractivity contribution in [1.29, 1.82) is 0 Å². The molecule has 0 saturated carbocycles. The monoisotopic (exact) mass is 255 g/mol. The van der Waals surface area contributed by atoms with Gasteiger partial charge >= 0.3 is 0 Å². The second-order valence-corrected chi connectivity index (χ2v) is 5.13. The van der Waals surface area contributed by atoms with Gasteiger partial charge in [0.05, 0.1) is 18.5 Å². The summed E-state index contributed by atoms with van der Waals surface area (Å²) in [6.07, 6.45) is 0. The molecule has 0 aliphatic carbocycles. The predicted octanol–water partition coefficient (Wildman–Crippen LogP) is 2.40. The van der Waals surface area contributed by atoms with Gasteiger partial charge in [0.15, 0.2) is 0 Å². The quantitative estimate of drug-likeness (QED) is 0.816. The van der Waals surface area contributed by atoms with Crippen LogP contribution in [0.4, 0.5) is 0 Å². The number of likely N-dealkylation sites (N-methyl/N-ethyl adjacent to an activating group) is 1. The standard InChI is InChI=1S/C17H21NO/c1-3-18(19)14-17(2,15-10-6-4-7-11-15)16-12-8-5-9-13-16/h4-13,18H,3,14H2,1-2H3. The van der Waals surface area contributed by atoms with Gasteiger partial charge < -0.3 is 10.3 Å². The Morgan fingerprint density at radius 1 is 0.895 bits per heavy atom. The number of benzene rings is 2. The predicted molar refractivity (Wildman–Crippen MR) is 79.1 cm³/mol. The van der Waals surface area contributed by atoms with Crippen LogP contribution in [-0.2, 0) is 5.41 Å². The smallest absolute Gasteiger partial charge is 0.0904 e. The van der Waals surface area contributed by atoms with Gasteiger partial charge in [-0.25, -0.2) is 0 Å². The van der Waals surface area contributed by atoms with Crippen LogP contribution in [-0.4, -0.2) is 13.1 Å². The van der Waals surface area contributed by atoms with E-state index in [1.165, 1.54) is 11.1 Å². The molecule has 100 valence electrons. The molecular weight excluding hydrogens is 234 g/mol. The molecule has 1 atom stereocenters. The Hall–Kier alpha value is -1.64. The summed E-state index contributed by atoms with van der Waals surface area (Å²) in [6.45, 7) is 5.23. The van der Waals surface area contributed by atoms with E-state index in [4.69, 9.17) is 0 Å². The van der Waals surface area contributed by atoms with Crippen LogP contribution in [0.15, 0.2) is 60.7 Å². The van der Waals surface area contributed by atoms with Crippen LogP contribution in [0, 0.1) is 5.21 Å². The van der Waals surface area contributed by atoms with E-state index in [2.05, 4.69) is 31.2 Å². The normalized spacial score (nSPS) is 13.2. The van der Waals surface area contributed by atoms with Crippen molar-refractivity contribution >= 4 is 0 Å². The van der Waals surface area contributed by atoms with Gasteiger partial charge in [0.25, 0.3) is 0 Å². The van der Waals surface area contributed by atoms with E-state index in [9.17, 15) is 5.21 Å². The number of hydrogen-bond acceptors (Lipinski definition) is 1. The molecule has 1 unspecified atom stereocenters. The van der Waals surface area contributed by atoms with Crippen LogP contribution in [0.3, 0.4) is 0 Å². The molecule has 0 aliphatic heterocycles. The molecule has 0 bridgehead atoms. The summed E-state index contributed by atoms with van der Waals surface area (Å²) in [7, 11) is 0. The number of hydrogen-bond donors (Lipinski definition) is 1. The largest absolute Gasteiger partial charge is 0.634 e. The average Bonchev–Trinajstić information content (AvgIpc) is 2.48. The molecule has 0 fully saturated rings. The summed E-state index contributed by atoms with van der Waals surface area (Å²) < 4.78 is 0. The molecule has 0 saturated heterocycles. The minimum Gasteiger partial charge on any atom is -0.634 e. The van der Waals surface area contributed by atoms with E-state index in [1.807, 2.05) is 43.3 Å². The highest BCUT2D eigenvalue weighted by molar-refractivity contribution is 5.38. The summed E-state index contributed by atoms with van der Waals surface area (Å²) in [5.74, 6) is 0. The molecular formula is C17H21NO. The van der Waals surface area contributed by atoms with Crippen LogP contribution in [0.5, 0.6) is 0 Å². The first-order chi connectivity index (χ1) is 9.16. The van der Waals surface area contributed by atoms with Gasteiger partial charge in [0.2, 0.25) is 0 Å². The van der Waals surface area contributed by atoms with Crippen LogP contribution in [0.1, 0.15) is 25.0 Å². The fourth-order valence-electron chi connectivity index (χ4n) is 2.50. The summed E-state index contributed by atoms with van der Waals surface area (Å²) in [6, 6.07) is 20.6. The van der Waals surface area contributed by atoms with Gasteiger partial charge in [-0.15, -0.1) is 0 Å². The Morgan fingerprint density at radius 3 is 1.68 bits per heavy atom. The molecule has 0 amide bonds. The lowest BCUT2D eigenvalue weighted by atomic mass is 9.76. The highest BCUT2D eigenvalue weighted by Crippen LogP contribution is 2.30. The minimum absolute atomic E-state index is 0.240. The fourth-order valence-corrected chi connectivity index (χ4v) is 2.50. The fraction of sp³-hybridized carbons (Fsp3) is 0.294. The van der Waals surface area contributed by atoms with Gasteiger partial charge in [0, 0.05) is 0 Å². The van der Waals surface area contributed by atoms with Crippen molar-refractivity contribution in [2.75, 3.05) is 13.1 Å². The van der Waals surface area contributed by atoms with Crippen molar-refractivity contribution in [3.63, 3.8) is 0 Å². The number of rotatable bonds is 5. The lowest BCUT2D eigenvalue weighted by molar-refractivity contribution is -0.849. The first kappa shape index (κ1) is 13.8. The first-order valence-electron chi connectivity index (χ1n) is 6.79. The zero-order valence-electron chi connectivity index (χ0n) is 11.6. The molecule has 2 rings (SSSR count). The van der Waals surface area contributed by atoms with Gasteiger partial charge in [-0.3, -0.25) is 0 Å². The summed E-state index contributed by atoms with van der Waals surface area (Å²) in [5, 5.41) is 12.3. The summed E-state index contributed by atoms with van der Waals surface area (Å²) in [4.78, 5) is 0. The van der Waals surface area contributed by atoms with Crippen LogP contribution in [0.25, 0.3) is 0 Å². The molecule has 19 heavy (non-hydrogen) atoms. The Bertz CT molecular complexity index is 456. The van der Waals surface area contributed by atoms with Crippen LogP contribution < -0.4 is 5.06 Å². The SMILES string of the molecule is CC[NH+]([O-])CC(C)(c1ccccc1)c1ccccc1. The van der Waals surface area contributed by atoms with Gasteiger partial charge in [-0.2, -0.15) is 0 Å². The maximum atomic E-state index is 12.0. The molecule has 1 N–H and O–H groups in total. The second-order valence-electron chi connectivity index (χ2n) is 5.13. The van der Waals surface area contributed by atoms with Gasteiger partial charge in [-0.05, 0) is 25.0 Å². The van der Waals surface area contributed by atoms with E-state index in [-0.39, 0.29) is 5.41 Å². The summed E-state index contributed by atoms with van der Waals surface area (Å²) in [5.41, 5.74) is 2.15. The highest BCUT2D eigenvalue weighted by atomic mass is 16.5. The molecule has 0 aliphatic rings. The van der Waals surface area contributed by atoms with E-state index in [1.54, 1.807) is 0 Å².